The number of hydrogen-bond acceptors (Lipinski definition) is 5. The highest BCUT2D eigenvalue weighted by Crippen LogP contribution is 2.33. The van der Waals surface area contributed by atoms with Gasteiger partial charge in [-0.15, -0.1) is 0 Å². The maximum atomic E-state index is 12.2. The van der Waals surface area contributed by atoms with Gasteiger partial charge in [-0.05, 0) is 54.7 Å². The van der Waals surface area contributed by atoms with Crippen LogP contribution in [0.15, 0.2) is 48.5 Å². The van der Waals surface area contributed by atoms with Crippen LogP contribution in [0, 0.1) is 34.5 Å². The van der Waals surface area contributed by atoms with Gasteiger partial charge in [-0.25, -0.2) is 0 Å². The molecule has 2 aromatic carbocycles. The van der Waals surface area contributed by atoms with Crippen LogP contribution in [-0.2, 0) is 22.4 Å². The SMILES string of the molecule is N#Cc1ccc(CCC2C(C(N)=O)C(C(N)=O)CN2CCc2ccc(C#N)cc2)cc1. The average molecular weight is 415 g/mol. The zero-order chi connectivity index (χ0) is 22.4. The first kappa shape index (κ1) is 22.0. The second-order valence-electron chi connectivity index (χ2n) is 7.91. The third-order valence-corrected chi connectivity index (χ3v) is 6.02. The van der Waals surface area contributed by atoms with Gasteiger partial charge in [-0.3, -0.25) is 14.5 Å². The molecule has 7 heteroatoms. The van der Waals surface area contributed by atoms with Gasteiger partial charge in [-0.2, -0.15) is 10.5 Å². The molecule has 1 aliphatic heterocycles. The number of rotatable bonds is 8. The smallest absolute Gasteiger partial charge is 0.222 e. The van der Waals surface area contributed by atoms with E-state index in [2.05, 4.69) is 17.0 Å². The van der Waals surface area contributed by atoms with E-state index < -0.39 is 23.7 Å². The predicted octanol–water partition coefficient (Wildman–Crippen LogP) is 1.49. The number of hydrogen-bond donors (Lipinski definition) is 2. The molecule has 1 saturated heterocycles. The summed E-state index contributed by atoms with van der Waals surface area (Å²) in [5.74, 6) is -2.25. The number of likely N-dealkylation sites (tertiary alicyclic amines) is 1. The monoisotopic (exact) mass is 415 g/mol. The average Bonchev–Trinajstić information content (AvgIpc) is 3.16. The van der Waals surface area contributed by atoms with Crippen LogP contribution in [0.25, 0.3) is 0 Å². The van der Waals surface area contributed by atoms with Gasteiger partial charge in [0.05, 0.1) is 35.1 Å². The van der Waals surface area contributed by atoms with Crippen LogP contribution in [0.1, 0.15) is 28.7 Å². The van der Waals surface area contributed by atoms with Crippen LogP contribution < -0.4 is 11.5 Å². The molecule has 2 amide bonds. The molecule has 0 saturated carbocycles. The zero-order valence-corrected chi connectivity index (χ0v) is 17.2. The van der Waals surface area contributed by atoms with E-state index >= 15 is 0 Å². The molecule has 158 valence electrons. The van der Waals surface area contributed by atoms with Crippen molar-refractivity contribution in [3.8, 4) is 12.1 Å². The van der Waals surface area contributed by atoms with E-state index in [1.807, 2.05) is 24.3 Å². The second kappa shape index (κ2) is 9.88. The summed E-state index contributed by atoms with van der Waals surface area (Å²) in [5, 5.41) is 17.9. The summed E-state index contributed by atoms with van der Waals surface area (Å²) in [6.07, 6.45) is 2.06. The van der Waals surface area contributed by atoms with Crippen molar-refractivity contribution in [2.24, 2.45) is 23.3 Å². The molecule has 1 heterocycles. The predicted molar refractivity (Wildman–Crippen MR) is 115 cm³/mol. The fraction of sp³-hybridized carbons (Fsp3) is 0.333. The summed E-state index contributed by atoms with van der Waals surface area (Å²) in [6, 6.07) is 18.7. The fourth-order valence-electron chi connectivity index (χ4n) is 4.35. The molecule has 0 radical (unpaired) electrons. The van der Waals surface area contributed by atoms with Gasteiger partial charge in [0.1, 0.15) is 0 Å². The lowest BCUT2D eigenvalue weighted by atomic mass is 9.86. The van der Waals surface area contributed by atoms with Crippen molar-refractivity contribution in [3.05, 3.63) is 70.8 Å². The molecule has 0 aromatic heterocycles. The van der Waals surface area contributed by atoms with Crippen molar-refractivity contribution in [2.45, 2.75) is 25.3 Å². The molecule has 0 spiro atoms. The number of nitrogens with zero attached hydrogens (tertiary/aromatic N) is 3. The Morgan fingerprint density at radius 2 is 1.39 bits per heavy atom. The van der Waals surface area contributed by atoms with Crippen molar-refractivity contribution < 1.29 is 9.59 Å². The Morgan fingerprint density at radius 1 is 0.871 bits per heavy atom. The quantitative estimate of drug-likeness (QED) is 0.673. The summed E-state index contributed by atoms with van der Waals surface area (Å²) in [7, 11) is 0. The molecule has 3 unspecified atom stereocenters. The number of primary amides is 2. The van der Waals surface area contributed by atoms with Crippen LogP contribution in [-0.4, -0.2) is 35.8 Å². The van der Waals surface area contributed by atoms with Crippen molar-refractivity contribution in [1.82, 2.24) is 4.90 Å². The van der Waals surface area contributed by atoms with Crippen molar-refractivity contribution in [3.63, 3.8) is 0 Å². The Bertz CT molecular complexity index is 1020. The minimum absolute atomic E-state index is 0.191. The Balaban J connectivity index is 1.74. The number of benzene rings is 2. The van der Waals surface area contributed by atoms with E-state index in [0.29, 0.717) is 37.1 Å². The van der Waals surface area contributed by atoms with E-state index in [1.54, 1.807) is 24.3 Å². The Labute approximate surface area is 181 Å². The Hall–Kier alpha value is -3.68. The van der Waals surface area contributed by atoms with Crippen LogP contribution >= 0.6 is 0 Å². The number of aryl methyl sites for hydroxylation is 1. The van der Waals surface area contributed by atoms with Gasteiger partial charge in [0.2, 0.25) is 11.8 Å². The van der Waals surface area contributed by atoms with E-state index in [0.717, 1.165) is 17.5 Å². The topological polar surface area (TPSA) is 137 Å². The Kier molecular flexibility index (Phi) is 7.02. The van der Waals surface area contributed by atoms with Gasteiger partial charge in [0, 0.05) is 19.1 Å². The van der Waals surface area contributed by atoms with Gasteiger partial charge < -0.3 is 11.5 Å². The minimum Gasteiger partial charge on any atom is -0.369 e. The number of nitrogens with two attached hydrogens (primary N) is 2. The molecule has 0 bridgehead atoms. The van der Waals surface area contributed by atoms with Crippen LogP contribution in [0.3, 0.4) is 0 Å². The van der Waals surface area contributed by atoms with Crippen LogP contribution in [0.2, 0.25) is 0 Å². The molecular formula is C24H25N5O2. The molecule has 3 atom stereocenters. The summed E-state index contributed by atoms with van der Waals surface area (Å²) in [5.41, 5.74) is 14.6. The highest BCUT2D eigenvalue weighted by atomic mass is 16.2. The number of carbonyl (C=O) groups excluding carboxylic acids is 2. The van der Waals surface area contributed by atoms with Crippen LogP contribution in [0.4, 0.5) is 0 Å². The first-order valence-corrected chi connectivity index (χ1v) is 10.2. The lowest BCUT2D eigenvalue weighted by molar-refractivity contribution is -0.130. The number of nitriles is 2. The fourth-order valence-corrected chi connectivity index (χ4v) is 4.35. The normalized spacial score (nSPS) is 20.6. The van der Waals surface area contributed by atoms with E-state index in [-0.39, 0.29) is 6.04 Å². The molecule has 1 aliphatic rings. The van der Waals surface area contributed by atoms with Crippen molar-refractivity contribution in [2.75, 3.05) is 13.1 Å². The minimum atomic E-state index is -0.628. The standard InChI is InChI=1S/C24H25N5O2/c25-13-18-5-1-16(2-6-18)9-10-21-22(24(28)31)20(23(27)30)15-29(21)12-11-17-3-7-19(14-26)8-4-17/h1-8,20-22H,9-12,15H2,(H2,27,30)(H2,28,31). The maximum absolute atomic E-state index is 12.2. The van der Waals surface area contributed by atoms with E-state index in [4.69, 9.17) is 22.0 Å². The molecule has 31 heavy (non-hydrogen) atoms. The molecule has 4 N–H and O–H groups in total. The maximum Gasteiger partial charge on any atom is 0.222 e. The lowest BCUT2D eigenvalue weighted by Crippen LogP contribution is -2.42. The second-order valence-corrected chi connectivity index (χ2v) is 7.91. The first-order valence-electron chi connectivity index (χ1n) is 10.2. The summed E-state index contributed by atoms with van der Waals surface area (Å²) in [4.78, 5) is 26.4. The molecule has 1 fully saturated rings. The number of amides is 2. The van der Waals surface area contributed by atoms with E-state index in [1.165, 1.54) is 0 Å². The largest absolute Gasteiger partial charge is 0.369 e. The molecule has 0 aliphatic carbocycles. The van der Waals surface area contributed by atoms with Gasteiger partial charge in [0.25, 0.3) is 0 Å². The van der Waals surface area contributed by atoms with Gasteiger partial charge >= 0.3 is 0 Å². The molecule has 7 nitrogen and oxygen atoms in total. The molecular weight excluding hydrogens is 390 g/mol. The third-order valence-electron chi connectivity index (χ3n) is 6.02. The lowest BCUT2D eigenvalue weighted by Gasteiger charge is -2.27. The van der Waals surface area contributed by atoms with Gasteiger partial charge in [0.15, 0.2) is 0 Å². The number of carbonyl (C=O) groups is 2. The molecule has 3 rings (SSSR count). The van der Waals surface area contributed by atoms with Crippen LogP contribution in [0.5, 0.6) is 0 Å². The van der Waals surface area contributed by atoms with Crippen molar-refractivity contribution >= 4 is 11.8 Å². The summed E-state index contributed by atoms with van der Waals surface area (Å²) in [6.45, 7) is 1.05. The third kappa shape index (κ3) is 5.28. The van der Waals surface area contributed by atoms with Gasteiger partial charge in [-0.1, -0.05) is 24.3 Å². The Morgan fingerprint density at radius 3 is 1.84 bits per heavy atom. The molecule has 2 aromatic rings. The highest BCUT2D eigenvalue weighted by molar-refractivity contribution is 5.87. The zero-order valence-electron chi connectivity index (χ0n) is 17.2. The first-order chi connectivity index (χ1) is 14.9. The summed E-state index contributed by atoms with van der Waals surface area (Å²) >= 11 is 0. The van der Waals surface area contributed by atoms with E-state index in [9.17, 15) is 9.59 Å². The summed E-state index contributed by atoms with van der Waals surface area (Å²) < 4.78 is 0. The highest BCUT2D eigenvalue weighted by Gasteiger charge is 2.46. The van der Waals surface area contributed by atoms with Crippen molar-refractivity contribution in [1.29, 1.82) is 10.5 Å².